The van der Waals surface area contributed by atoms with Crippen LogP contribution in [0.15, 0.2) is 10.6 Å². The summed E-state index contributed by atoms with van der Waals surface area (Å²) in [6.45, 7) is 3.51. The van der Waals surface area contributed by atoms with E-state index in [0.29, 0.717) is 36.5 Å². The molecule has 1 unspecified atom stereocenters. The number of rotatable bonds is 2. The van der Waals surface area contributed by atoms with Gasteiger partial charge in [-0.2, -0.15) is 0 Å². The summed E-state index contributed by atoms with van der Waals surface area (Å²) in [7, 11) is 0. The summed E-state index contributed by atoms with van der Waals surface area (Å²) in [4.78, 5) is 13.9. The smallest absolute Gasteiger partial charge is 0.276 e. The molecule has 1 aliphatic heterocycles. The minimum atomic E-state index is -0.0930. The van der Waals surface area contributed by atoms with Crippen molar-refractivity contribution < 1.29 is 14.1 Å². The lowest BCUT2D eigenvalue weighted by Crippen LogP contribution is -2.49. The molecule has 0 bridgehead atoms. The molecule has 16 heavy (non-hydrogen) atoms. The lowest BCUT2D eigenvalue weighted by molar-refractivity contribution is 0.00471. The molecule has 2 heterocycles. The molecule has 1 aliphatic rings. The predicted molar refractivity (Wildman–Crippen MR) is 60.7 cm³/mol. The van der Waals surface area contributed by atoms with E-state index in [1.165, 1.54) is 0 Å². The number of morpholine rings is 1. The molecular weight excluding hydrogens is 276 g/mol. The second-order valence-corrected chi connectivity index (χ2v) is 4.35. The first kappa shape index (κ1) is 11.6. The minimum absolute atomic E-state index is 0.0678. The third-order valence-corrected chi connectivity index (χ3v) is 3.26. The third-order valence-electron chi connectivity index (χ3n) is 2.51. The fraction of sp³-hybridized carbons (Fsp3) is 0.600. The Kier molecular flexibility index (Phi) is 3.60. The van der Waals surface area contributed by atoms with Crippen LogP contribution in [0.4, 0.5) is 0 Å². The number of hydrogen-bond donors (Lipinski definition) is 0. The zero-order valence-electron chi connectivity index (χ0n) is 8.98. The first-order valence-corrected chi connectivity index (χ1v) is 6.22. The second kappa shape index (κ2) is 4.97. The van der Waals surface area contributed by atoms with Crippen LogP contribution in [0.25, 0.3) is 0 Å². The summed E-state index contributed by atoms with van der Waals surface area (Å²) in [6.07, 6.45) is 0. The number of nitrogens with zero attached hydrogens (tertiary/aromatic N) is 2. The number of aryl methyl sites for hydroxylation is 1. The first-order valence-electron chi connectivity index (χ1n) is 5.10. The fourth-order valence-electron chi connectivity index (χ4n) is 1.66. The Balaban J connectivity index is 2.13. The van der Waals surface area contributed by atoms with Crippen molar-refractivity contribution in [2.75, 3.05) is 25.1 Å². The van der Waals surface area contributed by atoms with Gasteiger partial charge < -0.3 is 14.2 Å². The van der Waals surface area contributed by atoms with Gasteiger partial charge in [0.2, 0.25) is 0 Å². The maximum Gasteiger partial charge on any atom is 0.276 e. The number of ether oxygens (including phenoxy) is 1. The van der Waals surface area contributed by atoms with Gasteiger partial charge in [-0.3, -0.25) is 4.79 Å². The van der Waals surface area contributed by atoms with E-state index in [0.717, 1.165) is 0 Å². The van der Waals surface area contributed by atoms with E-state index in [-0.39, 0.29) is 11.9 Å². The average Bonchev–Trinajstić information content (AvgIpc) is 2.75. The van der Waals surface area contributed by atoms with E-state index < -0.39 is 0 Å². The van der Waals surface area contributed by atoms with Gasteiger partial charge >= 0.3 is 0 Å². The molecule has 0 saturated carbocycles. The molecule has 0 aromatic carbocycles. The van der Waals surface area contributed by atoms with Crippen LogP contribution >= 0.6 is 15.9 Å². The molecule has 0 radical (unpaired) electrons. The van der Waals surface area contributed by atoms with Crippen LogP contribution in [-0.2, 0) is 4.74 Å². The molecule has 0 N–H and O–H groups in total. The van der Waals surface area contributed by atoms with Gasteiger partial charge in [0.25, 0.3) is 5.91 Å². The number of halogens is 1. The van der Waals surface area contributed by atoms with E-state index in [1.54, 1.807) is 17.9 Å². The minimum Gasteiger partial charge on any atom is -0.377 e. The van der Waals surface area contributed by atoms with Crippen LogP contribution in [0.2, 0.25) is 0 Å². The van der Waals surface area contributed by atoms with E-state index in [4.69, 9.17) is 9.26 Å². The largest absolute Gasteiger partial charge is 0.377 e. The van der Waals surface area contributed by atoms with Gasteiger partial charge in [-0.1, -0.05) is 21.1 Å². The summed E-state index contributed by atoms with van der Waals surface area (Å²) in [6, 6.07) is 1.72. The molecule has 1 atom stereocenters. The molecule has 2 rings (SSSR count). The summed E-state index contributed by atoms with van der Waals surface area (Å²) in [5, 5.41) is 4.44. The van der Waals surface area contributed by atoms with Gasteiger partial charge in [-0.25, -0.2) is 0 Å². The molecular formula is C10H13BrN2O3. The number of alkyl halides is 1. The molecule has 1 saturated heterocycles. The van der Waals surface area contributed by atoms with Crippen molar-refractivity contribution in [3.8, 4) is 0 Å². The highest BCUT2D eigenvalue weighted by Crippen LogP contribution is 2.14. The van der Waals surface area contributed by atoms with Gasteiger partial charge in [-0.05, 0) is 6.92 Å². The fourth-order valence-corrected chi connectivity index (χ4v) is 2.20. The van der Waals surface area contributed by atoms with E-state index >= 15 is 0 Å². The van der Waals surface area contributed by atoms with Crippen molar-refractivity contribution in [1.82, 2.24) is 10.1 Å². The van der Waals surface area contributed by atoms with Gasteiger partial charge in [0.1, 0.15) is 5.76 Å². The molecule has 1 aromatic heterocycles. The topological polar surface area (TPSA) is 55.6 Å². The van der Waals surface area contributed by atoms with Gasteiger partial charge in [0, 0.05) is 17.9 Å². The molecule has 1 amide bonds. The lowest BCUT2D eigenvalue weighted by Gasteiger charge is -2.33. The Hall–Kier alpha value is -0.880. The van der Waals surface area contributed by atoms with E-state index in [2.05, 4.69) is 21.1 Å². The Morgan fingerprint density at radius 2 is 2.56 bits per heavy atom. The Morgan fingerprint density at radius 3 is 3.19 bits per heavy atom. The molecule has 0 aliphatic carbocycles. The zero-order chi connectivity index (χ0) is 11.5. The molecule has 1 fully saturated rings. The highest BCUT2D eigenvalue weighted by atomic mass is 79.9. The molecule has 5 nitrogen and oxygen atoms in total. The lowest BCUT2D eigenvalue weighted by atomic mass is 10.2. The Morgan fingerprint density at radius 1 is 1.75 bits per heavy atom. The van der Waals surface area contributed by atoms with Crippen molar-refractivity contribution in [2.24, 2.45) is 0 Å². The number of aromatic nitrogens is 1. The summed E-state index contributed by atoms with van der Waals surface area (Å²) < 4.78 is 10.2. The second-order valence-electron chi connectivity index (χ2n) is 3.70. The van der Waals surface area contributed by atoms with Gasteiger partial charge in [-0.15, -0.1) is 0 Å². The van der Waals surface area contributed by atoms with Gasteiger partial charge in [0.05, 0.1) is 19.3 Å². The van der Waals surface area contributed by atoms with Crippen LogP contribution < -0.4 is 0 Å². The summed E-state index contributed by atoms with van der Waals surface area (Å²) in [5.74, 6) is 0.552. The van der Waals surface area contributed by atoms with Crippen LogP contribution in [0, 0.1) is 6.92 Å². The number of hydrogen-bond acceptors (Lipinski definition) is 4. The maximum atomic E-state index is 12.1. The van der Waals surface area contributed by atoms with Crippen LogP contribution in [0.1, 0.15) is 16.2 Å². The van der Waals surface area contributed by atoms with E-state index in [9.17, 15) is 4.79 Å². The van der Waals surface area contributed by atoms with Crippen LogP contribution in [-0.4, -0.2) is 47.1 Å². The third kappa shape index (κ3) is 2.27. The maximum absolute atomic E-state index is 12.1. The molecule has 1 aromatic rings. The zero-order valence-corrected chi connectivity index (χ0v) is 10.6. The summed E-state index contributed by atoms with van der Waals surface area (Å²) in [5.41, 5.74) is 0.366. The van der Waals surface area contributed by atoms with E-state index in [1.807, 2.05) is 0 Å². The molecule has 6 heteroatoms. The SMILES string of the molecule is Cc1cc(C(=O)N2CCOCC2CBr)no1. The first-order chi connectivity index (χ1) is 7.72. The predicted octanol–water partition coefficient (Wildman–Crippen LogP) is 1.22. The normalized spacial score (nSPS) is 21.1. The van der Waals surface area contributed by atoms with Gasteiger partial charge in [0.15, 0.2) is 5.69 Å². The quantitative estimate of drug-likeness (QED) is 0.768. The Bertz CT molecular complexity index is 380. The monoisotopic (exact) mass is 288 g/mol. The number of carbonyl (C=O) groups excluding carboxylic acids is 1. The molecule has 88 valence electrons. The standard InChI is InChI=1S/C10H13BrN2O3/c1-7-4-9(12-16-7)10(14)13-2-3-15-6-8(13)5-11/h4,8H,2-3,5-6H2,1H3. The average molecular weight is 289 g/mol. The van der Waals surface area contributed by atoms with Crippen LogP contribution in [0.5, 0.6) is 0 Å². The highest BCUT2D eigenvalue weighted by molar-refractivity contribution is 9.09. The number of amides is 1. The van der Waals surface area contributed by atoms with Crippen molar-refractivity contribution >= 4 is 21.8 Å². The highest BCUT2D eigenvalue weighted by Gasteiger charge is 2.28. The molecule has 0 spiro atoms. The van der Waals surface area contributed by atoms with Crippen molar-refractivity contribution in [3.63, 3.8) is 0 Å². The number of carbonyl (C=O) groups is 1. The van der Waals surface area contributed by atoms with Crippen molar-refractivity contribution in [1.29, 1.82) is 0 Å². The van der Waals surface area contributed by atoms with Crippen LogP contribution in [0.3, 0.4) is 0 Å². The summed E-state index contributed by atoms with van der Waals surface area (Å²) >= 11 is 3.38. The Labute approximate surface area is 102 Å². The van der Waals surface area contributed by atoms with Crippen molar-refractivity contribution in [2.45, 2.75) is 13.0 Å². The van der Waals surface area contributed by atoms with Crippen molar-refractivity contribution in [3.05, 3.63) is 17.5 Å².